The largest absolute Gasteiger partial charge is 0.292 e. The maximum atomic E-state index is 12.2. The van der Waals surface area contributed by atoms with Crippen LogP contribution >= 0.6 is 23.4 Å². The number of rotatable bonds is 6. The first kappa shape index (κ1) is 14.2. The molecule has 2 aromatic rings. The summed E-state index contributed by atoms with van der Waals surface area (Å²) in [5, 5.41) is 4.84. The maximum Gasteiger partial charge on any atom is 0.191 e. The lowest BCUT2D eigenvalue weighted by molar-refractivity contribution is 0.101. The highest BCUT2D eigenvalue weighted by atomic mass is 35.5. The molecule has 19 heavy (non-hydrogen) atoms. The highest BCUT2D eigenvalue weighted by molar-refractivity contribution is 8.00. The van der Waals surface area contributed by atoms with E-state index in [2.05, 4.69) is 12.0 Å². The zero-order chi connectivity index (χ0) is 13.7. The Kier molecular flexibility index (Phi) is 5.05. The monoisotopic (exact) mass is 294 g/mol. The lowest BCUT2D eigenvalue weighted by atomic mass is 10.3. The van der Waals surface area contributed by atoms with Gasteiger partial charge in [0.05, 0.1) is 10.8 Å². The summed E-state index contributed by atoms with van der Waals surface area (Å²) in [6.45, 7) is 2.83. The Balaban J connectivity index is 2.02. The minimum Gasteiger partial charge on any atom is -0.292 e. The minimum atomic E-state index is 0.0795. The number of thioether (sulfide) groups is 1. The normalized spacial score (nSPS) is 10.6. The molecule has 3 nitrogen and oxygen atoms in total. The van der Waals surface area contributed by atoms with E-state index < -0.39 is 0 Å². The van der Waals surface area contributed by atoms with Gasteiger partial charge in [0.15, 0.2) is 5.78 Å². The third-order valence-corrected chi connectivity index (χ3v) is 4.15. The van der Waals surface area contributed by atoms with Crippen molar-refractivity contribution in [2.75, 3.05) is 5.75 Å². The van der Waals surface area contributed by atoms with Crippen molar-refractivity contribution in [3.63, 3.8) is 0 Å². The molecule has 0 aliphatic rings. The summed E-state index contributed by atoms with van der Waals surface area (Å²) >= 11 is 7.52. The molecule has 0 aliphatic carbocycles. The first-order valence-electron chi connectivity index (χ1n) is 6.14. The summed E-state index contributed by atoms with van der Waals surface area (Å²) in [5.74, 6) is 0.454. The molecule has 1 aromatic heterocycles. The van der Waals surface area contributed by atoms with Crippen LogP contribution in [0.1, 0.15) is 23.8 Å². The number of carbonyl (C=O) groups is 1. The second-order valence-electron chi connectivity index (χ2n) is 4.08. The van der Waals surface area contributed by atoms with Gasteiger partial charge in [0, 0.05) is 17.6 Å². The van der Waals surface area contributed by atoms with Gasteiger partial charge in [-0.25, -0.2) is 0 Å². The Bertz CT molecular complexity index is 568. The average molecular weight is 295 g/mol. The molecule has 1 aromatic carbocycles. The average Bonchev–Trinajstić information content (AvgIpc) is 2.86. The summed E-state index contributed by atoms with van der Waals surface area (Å²) in [6.07, 6.45) is 2.63. The number of benzene rings is 1. The molecule has 0 amide bonds. The van der Waals surface area contributed by atoms with E-state index >= 15 is 0 Å². The number of carbonyl (C=O) groups excluding carboxylic acids is 1. The predicted octanol–water partition coefficient (Wildman–Crippen LogP) is 3.92. The number of halogens is 1. The van der Waals surface area contributed by atoms with Crippen molar-refractivity contribution in [3.05, 3.63) is 47.2 Å². The van der Waals surface area contributed by atoms with Crippen LogP contribution in [0.15, 0.2) is 41.4 Å². The van der Waals surface area contributed by atoms with Gasteiger partial charge in [-0.15, -0.1) is 11.8 Å². The number of aromatic nitrogens is 2. The molecule has 0 spiro atoms. The second kappa shape index (κ2) is 6.78. The quantitative estimate of drug-likeness (QED) is 0.598. The number of Topliss-reactive ketones (excluding diaryl/α,β-unsaturated/α-hetero) is 1. The summed E-state index contributed by atoms with van der Waals surface area (Å²) in [7, 11) is 0. The third-order valence-electron chi connectivity index (χ3n) is 2.63. The first-order valence-corrected chi connectivity index (χ1v) is 7.51. The van der Waals surface area contributed by atoms with Crippen LogP contribution in [-0.4, -0.2) is 21.3 Å². The van der Waals surface area contributed by atoms with E-state index in [1.54, 1.807) is 16.9 Å². The molecular formula is C14H15ClN2OS. The van der Waals surface area contributed by atoms with E-state index in [0.717, 1.165) is 17.9 Å². The van der Waals surface area contributed by atoms with Crippen LogP contribution in [0.3, 0.4) is 0 Å². The second-order valence-corrected chi connectivity index (χ2v) is 5.51. The zero-order valence-electron chi connectivity index (χ0n) is 10.7. The molecule has 0 fully saturated rings. The Morgan fingerprint density at radius 3 is 2.89 bits per heavy atom. The molecule has 0 aliphatic heterocycles. The van der Waals surface area contributed by atoms with Gasteiger partial charge in [-0.3, -0.25) is 9.48 Å². The van der Waals surface area contributed by atoms with Crippen molar-refractivity contribution in [3.8, 4) is 0 Å². The van der Waals surface area contributed by atoms with Gasteiger partial charge in [-0.1, -0.05) is 30.7 Å². The number of hydrogen-bond donors (Lipinski definition) is 0. The van der Waals surface area contributed by atoms with Crippen LogP contribution in [-0.2, 0) is 6.54 Å². The SMILES string of the molecule is CCCn1nccc1C(=O)CSc1ccccc1Cl. The predicted molar refractivity (Wildman–Crippen MR) is 79.0 cm³/mol. The Morgan fingerprint density at radius 2 is 2.16 bits per heavy atom. The van der Waals surface area contributed by atoms with Crippen LogP contribution in [0.2, 0.25) is 5.02 Å². The van der Waals surface area contributed by atoms with E-state index in [1.165, 1.54) is 11.8 Å². The fraction of sp³-hybridized carbons (Fsp3) is 0.286. The summed E-state index contributed by atoms with van der Waals surface area (Å²) in [5.41, 5.74) is 0.668. The number of aryl methyl sites for hydroxylation is 1. The van der Waals surface area contributed by atoms with E-state index in [4.69, 9.17) is 11.6 Å². The highest BCUT2D eigenvalue weighted by Crippen LogP contribution is 2.27. The molecule has 0 N–H and O–H groups in total. The van der Waals surface area contributed by atoms with E-state index in [-0.39, 0.29) is 5.78 Å². The molecule has 5 heteroatoms. The fourth-order valence-corrected chi connectivity index (χ4v) is 2.85. The maximum absolute atomic E-state index is 12.2. The molecule has 0 bridgehead atoms. The van der Waals surface area contributed by atoms with Gasteiger partial charge in [-0.05, 0) is 24.6 Å². The Hall–Kier alpha value is -1.26. The molecule has 2 rings (SSSR count). The van der Waals surface area contributed by atoms with E-state index in [1.807, 2.05) is 24.3 Å². The van der Waals surface area contributed by atoms with Crippen LogP contribution in [0.4, 0.5) is 0 Å². The van der Waals surface area contributed by atoms with E-state index in [9.17, 15) is 4.79 Å². The number of nitrogens with zero attached hydrogens (tertiary/aromatic N) is 2. The number of hydrogen-bond acceptors (Lipinski definition) is 3. The van der Waals surface area contributed by atoms with Crippen molar-refractivity contribution in [1.82, 2.24) is 9.78 Å². The number of ketones is 1. The van der Waals surface area contributed by atoms with Gasteiger partial charge in [0.2, 0.25) is 0 Å². The Morgan fingerprint density at radius 1 is 1.37 bits per heavy atom. The highest BCUT2D eigenvalue weighted by Gasteiger charge is 2.12. The summed E-state index contributed by atoms with van der Waals surface area (Å²) in [6, 6.07) is 9.31. The zero-order valence-corrected chi connectivity index (χ0v) is 12.2. The molecule has 0 saturated heterocycles. The van der Waals surface area contributed by atoms with Crippen LogP contribution < -0.4 is 0 Å². The molecular weight excluding hydrogens is 280 g/mol. The summed E-state index contributed by atoms with van der Waals surface area (Å²) < 4.78 is 1.76. The molecule has 1 heterocycles. The van der Waals surface area contributed by atoms with Crippen molar-refractivity contribution >= 4 is 29.1 Å². The van der Waals surface area contributed by atoms with Crippen LogP contribution in [0.25, 0.3) is 0 Å². The molecule has 0 saturated carbocycles. The van der Waals surface area contributed by atoms with Gasteiger partial charge in [0.1, 0.15) is 5.69 Å². The smallest absolute Gasteiger partial charge is 0.191 e. The first-order chi connectivity index (χ1) is 9.22. The third kappa shape index (κ3) is 3.61. The minimum absolute atomic E-state index is 0.0795. The summed E-state index contributed by atoms with van der Waals surface area (Å²) in [4.78, 5) is 13.1. The fourth-order valence-electron chi connectivity index (χ4n) is 1.74. The standard InChI is InChI=1S/C14H15ClN2OS/c1-2-9-17-12(7-8-16-17)13(18)10-19-14-6-4-3-5-11(14)15/h3-8H,2,9-10H2,1H3. The Labute approximate surface area is 122 Å². The van der Waals surface area contributed by atoms with E-state index in [0.29, 0.717) is 16.5 Å². The van der Waals surface area contributed by atoms with Crippen LogP contribution in [0, 0.1) is 0 Å². The van der Waals surface area contributed by atoms with Gasteiger partial charge < -0.3 is 0 Å². The molecule has 100 valence electrons. The topological polar surface area (TPSA) is 34.9 Å². The van der Waals surface area contributed by atoms with Crippen molar-refractivity contribution in [1.29, 1.82) is 0 Å². The van der Waals surface area contributed by atoms with Crippen molar-refractivity contribution < 1.29 is 4.79 Å². The van der Waals surface area contributed by atoms with Gasteiger partial charge in [-0.2, -0.15) is 5.10 Å². The molecule has 0 atom stereocenters. The molecule has 0 unspecified atom stereocenters. The lowest BCUT2D eigenvalue weighted by Gasteiger charge is -2.06. The van der Waals surface area contributed by atoms with Gasteiger partial charge >= 0.3 is 0 Å². The molecule has 0 radical (unpaired) electrons. The van der Waals surface area contributed by atoms with Crippen molar-refractivity contribution in [2.24, 2.45) is 0 Å². The van der Waals surface area contributed by atoms with Crippen LogP contribution in [0.5, 0.6) is 0 Å². The van der Waals surface area contributed by atoms with Gasteiger partial charge in [0.25, 0.3) is 0 Å². The van der Waals surface area contributed by atoms with Crippen molar-refractivity contribution in [2.45, 2.75) is 24.8 Å². The lowest BCUT2D eigenvalue weighted by Crippen LogP contribution is -2.12.